The Morgan fingerprint density at radius 2 is 1.44 bits per heavy atom. The predicted octanol–water partition coefficient (Wildman–Crippen LogP) is 2.60. The average Bonchev–Trinajstić information content (AvgIpc) is 3.01. The molecule has 1 amide bonds. The molecule has 1 unspecified atom stereocenters. The summed E-state index contributed by atoms with van der Waals surface area (Å²) in [6.07, 6.45) is 0.886. The third-order valence-electron chi connectivity index (χ3n) is 5.20. The number of hydrogen-bond acceptors (Lipinski definition) is 3. The molecule has 2 aromatic carbocycles. The predicted molar refractivity (Wildman–Crippen MR) is 98.7 cm³/mol. The summed E-state index contributed by atoms with van der Waals surface area (Å²) in [6.45, 7) is 4.76. The lowest BCUT2D eigenvalue weighted by atomic mass is 10.2. The number of hydrogen-bond donors (Lipinski definition) is 0. The fraction of sp³-hybridized carbons (Fsp3) is 0.300. The van der Waals surface area contributed by atoms with Crippen LogP contribution >= 0.6 is 0 Å². The van der Waals surface area contributed by atoms with Crippen LogP contribution in [0.1, 0.15) is 11.7 Å². The van der Waals surface area contributed by atoms with E-state index in [0.29, 0.717) is 13.1 Å². The number of benzene rings is 2. The van der Waals surface area contributed by atoms with Crippen molar-refractivity contribution in [3.8, 4) is 0 Å². The second-order valence-corrected chi connectivity index (χ2v) is 6.56. The first-order chi connectivity index (χ1) is 12.2. The van der Waals surface area contributed by atoms with Crippen LogP contribution in [0.4, 0.5) is 0 Å². The molecule has 1 atom stereocenters. The molecule has 128 valence electrons. The van der Waals surface area contributed by atoms with Gasteiger partial charge in [-0.3, -0.25) is 19.1 Å². The molecule has 0 aliphatic carbocycles. The minimum Gasteiger partial charge on any atom is -0.343 e. The summed E-state index contributed by atoms with van der Waals surface area (Å²) in [6, 6.07) is 15.9. The molecule has 1 fully saturated rings. The van der Waals surface area contributed by atoms with Crippen molar-refractivity contribution in [2.45, 2.75) is 13.0 Å². The Hall–Kier alpha value is -2.66. The van der Waals surface area contributed by atoms with E-state index in [4.69, 9.17) is 0 Å². The van der Waals surface area contributed by atoms with E-state index in [1.807, 2.05) is 47.9 Å². The van der Waals surface area contributed by atoms with Crippen LogP contribution in [0.3, 0.4) is 0 Å². The summed E-state index contributed by atoms with van der Waals surface area (Å²) < 4.78 is 1.85. The maximum absolute atomic E-state index is 13.3. The van der Waals surface area contributed by atoms with Gasteiger partial charge >= 0.3 is 0 Å². The molecule has 0 N–H and O–H groups in total. The Bertz CT molecular complexity index is 885. The van der Waals surface area contributed by atoms with Gasteiger partial charge in [-0.15, -0.1) is 0 Å². The lowest BCUT2D eigenvalue weighted by Gasteiger charge is -2.35. The second-order valence-electron chi connectivity index (χ2n) is 6.56. The van der Waals surface area contributed by atoms with Gasteiger partial charge in [0.1, 0.15) is 0 Å². The standard InChI is InChI=1S/C20H21N3O2/c1-15(22-12-10-21(14-24)11-13-22)20(25)23-18-8-4-2-6-16(18)17-7-3-5-9-19(17)23/h2-9,14-15H,10-13H2,1H3. The van der Waals surface area contributed by atoms with Gasteiger partial charge < -0.3 is 4.90 Å². The summed E-state index contributed by atoms with van der Waals surface area (Å²) in [4.78, 5) is 28.1. The number of carbonyl (C=O) groups is 2. The minimum atomic E-state index is -0.229. The van der Waals surface area contributed by atoms with Gasteiger partial charge in [0.15, 0.2) is 0 Å². The number of nitrogens with zero attached hydrogens (tertiary/aromatic N) is 3. The zero-order valence-electron chi connectivity index (χ0n) is 14.3. The molecule has 1 aliphatic heterocycles. The van der Waals surface area contributed by atoms with E-state index in [2.05, 4.69) is 17.0 Å². The first-order valence-corrected chi connectivity index (χ1v) is 8.66. The Kier molecular flexibility index (Phi) is 4.01. The number of fused-ring (bicyclic) bond motifs is 3. The quantitative estimate of drug-likeness (QED) is 0.691. The topological polar surface area (TPSA) is 45.6 Å². The van der Waals surface area contributed by atoms with Crippen LogP contribution < -0.4 is 0 Å². The van der Waals surface area contributed by atoms with E-state index >= 15 is 0 Å². The van der Waals surface area contributed by atoms with Gasteiger partial charge in [-0.1, -0.05) is 36.4 Å². The van der Waals surface area contributed by atoms with Gasteiger partial charge in [-0.25, -0.2) is 0 Å². The Labute approximate surface area is 146 Å². The summed E-state index contributed by atoms with van der Waals surface area (Å²) in [5.74, 6) is 0.0805. The number of para-hydroxylation sites is 2. The fourth-order valence-corrected chi connectivity index (χ4v) is 3.73. The molecule has 1 aliphatic rings. The number of rotatable bonds is 3. The summed E-state index contributed by atoms with van der Waals surface area (Å²) in [7, 11) is 0. The highest BCUT2D eigenvalue weighted by molar-refractivity contribution is 6.13. The molecule has 3 aromatic rings. The molecule has 0 bridgehead atoms. The zero-order chi connectivity index (χ0) is 17.4. The maximum Gasteiger partial charge on any atom is 0.248 e. The second kappa shape index (κ2) is 6.33. The van der Waals surface area contributed by atoms with Crippen LogP contribution in [-0.4, -0.2) is 58.9 Å². The van der Waals surface area contributed by atoms with Crippen LogP contribution in [0.15, 0.2) is 48.5 Å². The molecule has 0 saturated carbocycles. The van der Waals surface area contributed by atoms with Crippen LogP contribution in [0, 0.1) is 0 Å². The highest BCUT2D eigenvalue weighted by atomic mass is 16.2. The van der Waals surface area contributed by atoms with Gasteiger partial charge in [-0.05, 0) is 19.1 Å². The molecule has 2 heterocycles. The molecular weight excluding hydrogens is 314 g/mol. The van der Waals surface area contributed by atoms with Gasteiger partial charge in [0.2, 0.25) is 12.3 Å². The number of carbonyl (C=O) groups excluding carboxylic acids is 2. The zero-order valence-corrected chi connectivity index (χ0v) is 14.3. The summed E-state index contributed by atoms with van der Waals surface area (Å²) in [5.41, 5.74) is 1.90. The van der Waals surface area contributed by atoms with Crippen molar-refractivity contribution >= 4 is 34.1 Å². The molecule has 5 heteroatoms. The number of amides is 1. The third-order valence-corrected chi connectivity index (χ3v) is 5.20. The van der Waals surface area contributed by atoms with Crippen LogP contribution in [0.2, 0.25) is 0 Å². The average molecular weight is 335 g/mol. The van der Waals surface area contributed by atoms with Crippen LogP contribution in [0.25, 0.3) is 21.8 Å². The molecule has 0 radical (unpaired) electrons. The molecule has 1 saturated heterocycles. The Morgan fingerprint density at radius 3 is 1.96 bits per heavy atom. The number of piperazine rings is 1. The van der Waals surface area contributed by atoms with Crippen molar-refractivity contribution in [3.63, 3.8) is 0 Å². The van der Waals surface area contributed by atoms with Gasteiger partial charge in [0.25, 0.3) is 0 Å². The van der Waals surface area contributed by atoms with Gasteiger partial charge in [0, 0.05) is 37.0 Å². The van der Waals surface area contributed by atoms with E-state index < -0.39 is 0 Å². The van der Waals surface area contributed by atoms with Gasteiger partial charge in [0.05, 0.1) is 17.1 Å². The summed E-state index contributed by atoms with van der Waals surface area (Å²) in [5, 5.41) is 2.20. The molecule has 25 heavy (non-hydrogen) atoms. The molecular formula is C20H21N3O2. The van der Waals surface area contributed by atoms with E-state index in [-0.39, 0.29) is 11.9 Å². The lowest BCUT2D eigenvalue weighted by Crippen LogP contribution is -2.52. The van der Waals surface area contributed by atoms with E-state index in [0.717, 1.165) is 41.3 Å². The third kappa shape index (κ3) is 2.61. The van der Waals surface area contributed by atoms with Crippen LogP contribution in [-0.2, 0) is 4.79 Å². The molecule has 1 aromatic heterocycles. The van der Waals surface area contributed by atoms with Crippen molar-refractivity contribution in [1.29, 1.82) is 0 Å². The maximum atomic E-state index is 13.3. The molecule has 0 spiro atoms. The minimum absolute atomic E-state index is 0.0805. The van der Waals surface area contributed by atoms with E-state index in [9.17, 15) is 9.59 Å². The molecule has 5 nitrogen and oxygen atoms in total. The largest absolute Gasteiger partial charge is 0.343 e. The number of aromatic nitrogens is 1. The summed E-state index contributed by atoms with van der Waals surface area (Å²) >= 11 is 0. The lowest BCUT2D eigenvalue weighted by molar-refractivity contribution is -0.119. The van der Waals surface area contributed by atoms with Crippen LogP contribution in [0.5, 0.6) is 0 Å². The molecule has 4 rings (SSSR count). The van der Waals surface area contributed by atoms with Crippen molar-refractivity contribution < 1.29 is 9.59 Å². The van der Waals surface area contributed by atoms with Crippen molar-refractivity contribution in [2.75, 3.05) is 26.2 Å². The highest BCUT2D eigenvalue weighted by Gasteiger charge is 2.27. The van der Waals surface area contributed by atoms with Crippen molar-refractivity contribution in [2.24, 2.45) is 0 Å². The SMILES string of the molecule is CC(C(=O)n1c2ccccc2c2ccccc21)N1CCN(C=O)CC1. The first-order valence-electron chi connectivity index (χ1n) is 8.66. The van der Waals surface area contributed by atoms with E-state index in [1.54, 1.807) is 4.90 Å². The van der Waals surface area contributed by atoms with Crippen molar-refractivity contribution in [1.82, 2.24) is 14.4 Å². The first kappa shape index (κ1) is 15.8. The smallest absolute Gasteiger partial charge is 0.248 e. The Morgan fingerprint density at radius 1 is 0.920 bits per heavy atom. The highest BCUT2D eigenvalue weighted by Crippen LogP contribution is 2.29. The van der Waals surface area contributed by atoms with Crippen molar-refractivity contribution in [3.05, 3.63) is 48.5 Å². The van der Waals surface area contributed by atoms with E-state index in [1.165, 1.54) is 0 Å². The monoisotopic (exact) mass is 335 g/mol. The normalized spacial score (nSPS) is 17.1. The Balaban J connectivity index is 1.73. The van der Waals surface area contributed by atoms with Gasteiger partial charge in [-0.2, -0.15) is 0 Å². The fourth-order valence-electron chi connectivity index (χ4n) is 3.73.